The Balaban J connectivity index is 2.13. The van der Waals surface area contributed by atoms with E-state index in [2.05, 4.69) is 0 Å². The van der Waals surface area contributed by atoms with Crippen molar-refractivity contribution in [3.8, 4) is 11.8 Å². The fourth-order valence-corrected chi connectivity index (χ4v) is 3.24. The van der Waals surface area contributed by atoms with Crippen LogP contribution in [0.5, 0.6) is 5.75 Å². The van der Waals surface area contributed by atoms with Crippen LogP contribution in [0, 0.1) is 23.7 Å². The topological polar surface area (TPSA) is 76.1 Å². The van der Waals surface area contributed by atoms with Crippen LogP contribution in [-0.2, 0) is 0 Å². The average molecular weight is 453 g/mol. The van der Waals surface area contributed by atoms with Crippen molar-refractivity contribution in [3.63, 3.8) is 0 Å². The van der Waals surface area contributed by atoms with Crippen molar-refractivity contribution >= 4 is 34.8 Å². The maximum absolute atomic E-state index is 12.7. The fourth-order valence-electron chi connectivity index (χ4n) is 2.57. The first-order valence-corrected chi connectivity index (χ1v) is 9.98. The molecule has 0 aliphatic heterocycles. The minimum absolute atomic E-state index is 0.00576. The summed E-state index contributed by atoms with van der Waals surface area (Å²) in [7, 11) is 0. The van der Waals surface area contributed by atoms with Crippen molar-refractivity contribution in [2.45, 2.75) is 30.7 Å². The van der Waals surface area contributed by atoms with E-state index in [1.807, 2.05) is 13.0 Å². The Labute approximate surface area is 182 Å². The van der Waals surface area contributed by atoms with Gasteiger partial charge < -0.3 is 10.5 Å². The van der Waals surface area contributed by atoms with Crippen molar-refractivity contribution < 1.29 is 22.7 Å². The number of thioether (sulfide) groups is 1. The van der Waals surface area contributed by atoms with Gasteiger partial charge in [0, 0.05) is 16.9 Å². The number of halogens is 3. The van der Waals surface area contributed by atoms with Gasteiger partial charge in [0.25, 0.3) is 0 Å². The van der Waals surface area contributed by atoms with Gasteiger partial charge in [0.05, 0.1) is 22.0 Å². The Kier molecular flexibility index (Phi) is 7.50. The summed E-state index contributed by atoms with van der Waals surface area (Å²) >= 11 is 4.90. The lowest BCUT2D eigenvalue weighted by Gasteiger charge is -2.28. The van der Waals surface area contributed by atoms with Gasteiger partial charge in [-0.25, -0.2) is 0 Å². The molecular formula is C21H19F3N2O2S2. The third kappa shape index (κ3) is 6.47. The highest BCUT2D eigenvalue weighted by Crippen LogP contribution is 2.37. The minimum Gasteiger partial charge on any atom is -0.492 e. The van der Waals surface area contributed by atoms with Gasteiger partial charge in [-0.3, -0.25) is 4.79 Å². The molecule has 0 aromatic heterocycles. The molecule has 4 nitrogen and oxygen atoms in total. The van der Waals surface area contributed by atoms with Gasteiger partial charge in [0.2, 0.25) is 0 Å². The molecule has 0 aliphatic rings. The number of alkyl halides is 3. The first-order chi connectivity index (χ1) is 13.9. The van der Waals surface area contributed by atoms with Gasteiger partial charge in [-0.1, -0.05) is 30.4 Å². The van der Waals surface area contributed by atoms with Crippen molar-refractivity contribution in [2.24, 2.45) is 11.1 Å². The number of nitrogens with two attached hydrogens (primary N) is 1. The van der Waals surface area contributed by atoms with E-state index in [1.165, 1.54) is 24.3 Å². The monoisotopic (exact) mass is 452 g/mol. The number of Topliss-reactive ketones (excluding diaryl/α,β-unsaturated/α-hetero) is 1. The summed E-state index contributed by atoms with van der Waals surface area (Å²) < 4.78 is 43.2. The number of carbonyl (C=O) groups excluding carboxylic acids is 1. The van der Waals surface area contributed by atoms with Crippen LogP contribution in [0.3, 0.4) is 0 Å². The number of nitriles is 1. The number of nitrogens with zero attached hydrogens (tertiary/aromatic N) is 1. The second-order valence-electron chi connectivity index (χ2n) is 6.98. The Morgan fingerprint density at radius 2 is 1.87 bits per heavy atom. The summed E-state index contributed by atoms with van der Waals surface area (Å²) in [5.74, 6) is 0.164. The summed E-state index contributed by atoms with van der Waals surface area (Å²) in [5, 5.41) is 9.04. The largest absolute Gasteiger partial charge is 0.492 e. The number of hydrogen-bond donors (Lipinski definition) is 1. The molecular weight excluding hydrogens is 433 g/mol. The summed E-state index contributed by atoms with van der Waals surface area (Å²) in [6.07, 6.45) is -0.0783. The lowest BCUT2D eigenvalue weighted by molar-refractivity contribution is -0.0328. The van der Waals surface area contributed by atoms with Gasteiger partial charge >= 0.3 is 5.51 Å². The summed E-state index contributed by atoms with van der Waals surface area (Å²) in [5.41, 5.74) is 1.98. The Morgan fingerprint density at radius 1 is 1.23 bits per heavy atom. The lowest BCUT2D eigenvalue weighted by Crippen LogP contribution is -2.40. The van der Waals surface area contributed by atoms with Crippen LogP contribution in [0.1, 0.15) is 34.8 Å². The molecule has 0 aliphatic carbocycles. The van der Waals surface area contributed by atoms with Gasteiger partial charge in [-0.05, 0) is 55.4 Å². The molecule has 2 aromatic carbocycles. The van der Waals surface area contributed by atoms with Crippen LogP contribution in [0.15, 0.2) is 47.4 Å². The number of ether oxygens (including phenoxy) is 1. The first kappa shape index (κ1) is 23.7. The molecule has 0 amide bonds. The Hall–Kier alpha value is -2.57. The number of hydrogen-bond acceptors (Lipinski definition) is 5. The molecule has 158 valence electrons. The molecule has 30 heavy (non-hydrogen) atoms. The van der Waals surface area contributed by atoms with Gasteiger partial charge in [-0.2, -0.15) is 18.4 Å². The molecule has 0 spiro atoms. The summed E-state index contributed by atoms with van der Waals surface area (Å²) in [4.78, 5) is 12.8. The van der Waals surface area contributed by atoms with Crippen LogP contribution in [0.25, 0.3) is 0 Å². The molecule has 0 heterocycles. The molecule has 2 N–H and O–H groups in total. The average Bonchev–Trinajstić information content (AvgIpc) is 2.66. The Bertz CT molecular complexity index is 985. The highest BCUT2D eigenvalue weighted by molar-refractivity contribution is 8.00. The smallest absolute Gasteiger partial charge is 0.446 e. The maximum Gasteiger partial charge on any atom is 0.446 e. The van der Waals surface area contributed by atoms with E-state index in [9.17, 15) is 18.0 Å². The van der Waals surface area contributed by atoms with Crippen molar-refractivity contribution in [1.82, 2.24) is 0 Å². The molecule has 0 fully saturated rings. The predicted octanol–water partition coefficient (Wildman–Crippen LogP) is 5.42. The van der Waals surface area contributed by atoms with E-state index in [0.717, 1.165) is 5.56 Å². The molecule has 2 rings (SSSR count). The molecule has 0 radical (unpaired) electrons. The molecule has 0 saturated heterocycles. The number of thiocarbonyl (C=S) groups is 1. The van der Waals surface area contributed by atoms with Crippen LogP contribution < -0.4 is 10.5 Å². The van der Waals surface area contributed by atoms with E-state index >= 15 is 0 Å². The summed E-state index contributed by atoms with van der Waals surface area (Å²) in [6, 6.07) is 12.2. The van der Waals surface area contributed by atoms with Crippen LogP contribution in [0.2, 0.25) is 0 Å². The fraction of sp³-hybridized carbons (Fsp3) is 0.286. The zero-order valence-electron chi connectivity index (χ0n) is 16.2. The van der Waals surface area contributed by atoms with Gasteiger partial charge in [0.1, 0.15) is 12.4 Å². The van der Waals surface area contributed by atoms with E-state index in [4.69, 9.17) is 28.0 Å². The summed E-state index contributed by atoms with van der Waals surface area (Å²) in [6.45, 7) is 3.51. The van der Waals surface area contributed by atoms with Crippen molar-refractivity contribution in [3.05, 3.63) is 59.2 Å². The normalized spacial score (nSPS) is 13.2. The molecule has 9 heteroatoms. The zero-order chi connectivity index (χ0) is 22.5. The standard InChI is InChI=1S/C21H19F3N2O2S2/c1-13-3-4-14(11-25)9-18(13)28-12-20(2,19(26)29)10-17(27)15-5-7-16(8-6-15)30-21(22,23)24/h3-9H,10,12H2,1-2H3,(H2,26,29). The quantitative estimate of drug-likeness (QED) is 0.327. The highest BCUT2D eigenvalue weighted by atomic mass is 32.2. The molecule has 0 saturated carbocycles. The number of ketones is 1. The zero-order valence-corrected chi connectivity index (χ0v) is 17.9. The SMILES string of the molecule is Cc1ccc(C#N)cc1OCC(C)(CC(=O)c1ccc(SC(F)(F)F)cc1)C(N)=S. The maximum atomic E-state index is 12.7. The second kappa shape index (κ2) is 9.49. The van der Waals surface area contributed by atoms with Gasteiger partial charge in [0.15, 0.2) is 5.78 Å². The first-order valence-electron chi connectivity index (χ1n) is 8.76. The third-order valence-corrected chi connectivity index (χ3v) is 5.65. The number of carbonyl (C=O) groups is 1. The molecule has 1 unspecified atom stereocenters. The highest BCUT2D eigenvalue weighted by Gasteiger charge is 2.33. The van der Waals surface area contributed by atoms with Crippen molar-refractivity contribution in [2.75, 3.05) is 6.61 Å². The van der Waals surface area contributed by atoms with Crippen molar-refractivity contribution in [1.29, 1.82) is 5.26 Å². The van der Waals surface area contributed by atoms with Crippen LogP contribution in [0.4, 0.5) is 13.2 Å². The van der Waals surface area contributed by atoms with E-state index in [0.29, 0.717) is 11.3 Å². The number of rotatable bonds is 8. The van der Waals surface area contributed by atoms with E-state index in [1.54, 1.807) is 25.1 Å². The van der Waals surface area contributed by atoms with Crippen LogP contribution >= 0.6 is 24.0 Å². The van der Waals surface area contributed by atoms with Gasteiger partial charge in [-0.15, -0.1) is 0 Å². The second-order valence-corrected chi connectivity index (χ2v) is 8.56. The predicted molar refractivity (Wildman–Crippen MR) is 114 cm³/mol. The van der Waals surface area contributed by atoms with Crippen LogP contribution in [-0.4, -0.2) is 22.9 Å². The lowest BCUT2D eigenvalue weighted by atomic mass is 9.84. The van der Waals surface area contributed by atoms with E-state index in [-0.39, 0.29) is 46.0 Å². The minimum atomic E-state index is -4.39. The third-order valence-electron chi connectivity index (χ3n) is 4.42. The number of benzene rings is 2. The molecule has 1 atom stereocenters. The number of aryl methyl sites for hydroxylation is 1. The van der Waals surface area contributed by atoms with E-state index < -0.39 is 10.9 Å². The Morgan fingerprint density at radius 3 is 2.40 bits per heavy atom. The molecule has 0 bridgehead atoms. The molecule has 2 aromatic rings.